The van der Waals surface area contributed by atoms with Gasteiger partial charge in [0.2, 0.25) is 11.8 Å². The molecule has 0 saturated carbocycles. The van der Waals surface area contributed by atoms with Crippen molar-refractivity contribution in [2.75, 3.05) is 0 Å². The van der Waals surface area contributed by atoms with Crippen LogP contribution in [0.5, 0.6) is 0 Å². The molecule has 2 amide bonds. The molecule has 1 saturated heterocycles. The van der Waals surface area contributed by atoms with Crippen LogP contribution in [0.2, 0.25) is 0 Å². The summed E-state index contributed by atoms with van der Waals surface area (Å²) in [5.41, 5.74) is -0.197. The van der Waals surface area contributed by atoms with Crippen molar-refractivity contribution in [2.24, 2.45) is 5.41 Å². The van der Waals surface area contributed by atoms with Crippen LogP contribution >= 0.6 is 27.3 Å². The molecule has 0 aliphatic carbocycles. The minimum Gasteiger partial charge on any atom is -0.277 e. The zero-order chi connectivity index (χ0) is 12.6. The number of hydrogen-bond acceptors (Lipinski definition) is 3. The maximum atomic E-state index is 12.0. The quantitative estimate of drug-likeness (QED) is 0.786. The summed E-state index contributed by atoms with van der Waals surface area (Å²) in [5, 5.41) is 1.95. The molecule has 0 N–H and O–H groups in total. The predicted molar refractivity (Wildman–Crippen MR) is 70.6 cm³/mol. The van der Waals surface area contributed by atoms with Crippen molar-refractivity contribution in [1.29, 1.82) is 0 Å². The molecule has 0 unspecified atom stereocenters. The number of nitrogens with zero attached hydrogens (tertiary/aromatic N) is 1. The van der Waals surface area contributed by atoms with Crippen LogP contribution in [-0.4, -0.2) is 16.7 Å². The van der Waals surface area contributed by atoms with E-state index in [2.05, 4.69) is 15.9 Å². The summed E-state index contributed by atoms with van der Waals surface area (Å²) in [7, 11) is 0. The fourth-order valence-electron chi connectivity index (χ4n) is 1.97. The maximum Gasteiger partial charge on any atom is 0.230 e. The molecule has 5 heteroatoms. The molecular weight excluding hydrogens is 302 g/mol. The third-order valence-corrected chi connectivity index (χ3v) is 4.77. The third-order valence-electron chi connectivity index (χ3n) is 2.85. The van der Waals surface area contributed by atoms with Crippen molar-refractivity contribution in [3.63, 3.8) is 0 Å². The van der Waals surface area contributed by atoms with Gasteiger partial charge in [-0.2, -0.15) is 0 Å². The first kappa shape index (κ1) is 12.8. The molecule has 3 nitrogen and oxygen atoms in total. The smallest absolute Gasteiger partial charge is 0.230 e. The van der Waals surface area contributed by atoms with Gasteiger partial charge in [0.05, 0.1) is 6.54 Å². The number of thiophene rings is 1. The summed E-state index contributed by atoms with van der Waals surface area (Å²) < 4.78 is 0.966. The lowest BCUT2D eigenvalue weighted by Gasteiger charge is -2.34. The van der Waals surface area contributed by atoms with Crippen LogP contribution in [-0.2, 0) is 16.1 Å². The van der Waals surface area contributed by atoms with Gasteiger partial charge in [-0.3, -0.25) is 14.5 Å². The molecule has 17 heavy (non-hydrogen) atoms. The van der Waals surface area contributed by atoms with Gasteiger partial charge in [-0.05, 0) is 32.8 Å². The minimum atomic E-state index is -0.197. The molecule has 92 valence electrons. The number of amides is 2. The molecule has 1 aromatic rings. The zero-order valence-corrected chi connectivity index (χ0v) is 12.2. The van der Waals surface area contributed by atoms with E-state index in [4.69, 9.17) is 0 Å². The molecule has 0 spiro atoms. The second-order valence-corrected chi connectivity index (χ2v) is 6.94. The molecule has 1 aliphatic rings. The summed E-state index contributed by atoms with van der Waals surface area (Å²) in [6, 6.07) is 1.93. The molecule has 1 fully saturated rings. The number of imide groups is 1. The van der Waals surface area contributed by atoms with Crippen molar-refractivity contribution < 1.29 is 9.59 Å². The summed E-state index contributed by atoms with van der Waals surface area (Å²) in [6.07, 6.45) is 0.892. The van der Waals surface area contributed by atoms with E-state index in [0.29, 0.717) is 19.4 Å². The Morgan fingerprint density at radius 2 is 1.94 bits per heavy atom. The van der Waals surface area contributed by atoms with Crippen LogP contribution in [0.25, 0.3) is 0 Å². The zero-order valence-electron chi connectivity index (χ0n) is 9.83. The van der Waals surface area contributed by atoms with Gasteiger partial charge in [0, 0.05) is 22.2 Å². The van der Waals surface area contributed by atoms with Gasteiger partial charge < -0.3 is 0 Å². The Hall–Kier alpha value is -0.680. The van der Waals surface area contributed by atoms with Gasteiger partial charge in [0.1, 0.15) is 0 Å². The van der Waals surface area contributed by atoms with Gasteiger partial charge in [-0.25, -0.2) is 0 Å². The SMILES string of the molecule is CC1(C)CC(=O)N(Cc2sccc2Br)C(=O)C1. The molecule has 0 atom stereocenters. The molecule has 0 bridgehead atoms. The van der Waals surface area contributed by atoms with E-state index in [-0.39, 0.29) is 17.2 Å². The maximum absolute atomic E-state index is 12.0. The fourth-order valence-corrected chi connectivity index (χ4v) is 3.43. The van der Waals surface area contributed by atoms with Gasteiger partial charge in [-0.1, -0.05) is 13.8 Å². The summed E-state index contributed by atoms with van der Waals surface area (Å²) in [6.45, 7) is 4.31. The van der Waals surface area contributed by atoms with Crippen molar-refractivity contribution in [3.05, 3.63) is 20.8 Å². The highest BCUT2D eigenvalue weighted by Gasteiger charge is 2.37. The lowest BCUT2D eigenvalue weighted by atomic mass is 9.82. The summed E-state index contributed by atoms with van der Waals surface area (Å²) >= 11 is 4.97. The molecule has 2 heterocycles. The van der Waals surface area contributed by atoms with Gasteiger partial charge in [0.25, 0.3) is 0 Å². The second-order valence-electron chi connectivity index (χ2n) is 5.08. The highest BCUT2D eigenvalue weighted by Crippen LogP contribution is 2.33. The van der Waals surface area contributed by atoms with Crippen molar-refractivity contribution in [3.8, 4) is 0 Å². The largest absolute Gasteiger partial charge is 0.277 e. The number of hydrogen-bond donors (Lipinski definition) is 0. The molecule has 2 rings (SSSR count). The Bertz CT molecular complexity index is 447. The van der Waals surface area contributed by atoms with Crippen molar-refractivity contribution in [2.45, 2.75) is 33.2 Å². The van der Waals surface area contributed by atoms with Crippen LogP contribution in [0.3, 0.4) is 0 Å². The van der Waals surface area contributed by atoms with Crippen molar-refractivity contribution >= 4 is 39.1 Å². The lowest BCUT2D eigenvalue weighted by molar-refractivity contribution is -0.153. The highest BCUT2D eigenvalue weighted by atomic mass is 79.9. The minimum absolute atomic E-state index is 0.0634. The number of carbonyl (C=O) groups excluding carboxylic acids is 2. The normalized spacial score (nSPS) is 19.8. The second kappa shape index (κ2) is 4.53. The first-order chi connectivity index (χ1) is 7.89. The lowest BCUT2D eigenvalue weighted by Crippen LogP contribution is -2.45. The molecule has 1 aromatic heterocycles. The van der Waals surface area contributed by atoms with Gasteiger partial charge in [-0.15, -0.1) is 11.3 Å². The van der Waals surface area contributed by atoms with E-state index in [0.717, 1.165) is 9.35 Å². The first-order valence-corrected chi connectivity index (χ1v) is 7.11. The monoisotopic (exact) mass is 315 g/mol. The van der Waals surface area contributed by atoms with Crippen LogP contribution in [0.4, 0.5) is 0 Å². The molecule has 1 aliphatic heterocycles. The standard InChI is InChI=1S/C12H14BrNO2S/c1-12(2)5-10(15)14(11(16)6-12)7-9-8(13)3-4-17-9/h3-4H,5-7H2,1-2H3. The van der Waals surface area contributed by atoms with Gasteiger partial charge in [0.15, 0.2) is 0 Å². The Kier molecular flexibility index (Phi) is 3.41. The Morgan fingerprint density at radius 3 is 2.41 bits per heavy atom. The highest BCUT2D eigenvalue weighted by molar-refractivity contribution is 9.10. The number of piperidine rings is 1. The average Bonchev–Trinajstić information content (AvgIpc) is 2.56. The molecule has 0 aromatic carbocycles. The summed E-state index contributed by atoms with van der Waals surface area (Å²) in [4.78, 5) is 26.3. The van der Waals surface area contributed by atoms with E-state index < -0.39 is 0 Å². The first-order valence-electron chi connectivity index (χ1n) is 5.44. The van der Waals surface area contributed by atoms with Crippen molar-refractivity contribution in [1.82, 2.24) is 4.90 Å². The summed E-state index contributed by atoms with van der Waals surface area (Å²) in [5.74, 6) is -0.127. The van der Waals surface area contributed by atoms with E-state index in [1.807, 2.05) is 25.3 Å². The Morgan fingerprint density at radius 1 is 1.35 bits per heavy atom. The number of likely N-dealkylation sites (tertiary alicyclic amines) is 1. The number of halogens is 1. The fraction of sp³-hybridized carbons (Fsp3) is 0.500. The number of carbonyl (C=O) groups is 2. The van der Waals surface area contributed by atoms with Crippen LogP contribution < -0.4 is 0 Å². The van der Waals surface area contributed by atoms with E-state index in [9.17, 15) is 9.59 Å². The number of rotatable bonds is 2. The van der Waals surface area contributed by atoms with E-state index >= 15 is 0 Å². The van der Waals surface area contributed by atoms with Crippen LogP contribution in [0.15, 0.2) is 15.9 Å². The topological polar surface area (TPSA) is 37.4 Å². The Labute approximate surface area is 113 Å². The van der Waals surface area contributed by atoms with Crippen LogP contribution in [0, 0.1) is 5.41 Å². The molecule has 0 radical (unpaired) electrons. The third kappa shape index (κ3) is 2.77. The van der Waals surface area contributed by atoms with Crippen LogP contribution in [0.1, 0.15) is 31.6 Å². The predicted octanol–water partition coefficient (Wildman–Crippen LogP) is 3.19. The van der Waals surface area contributed by atoms with E-state index in [1.165, 1.54) is 4.90 Å². The molecular formula is C12H14BrNO2S. The van der Waals surface area contributed by atoms with Gasteiger partial charge >= 0.3 is 0 Å². The average molecular weight is 316 g/mol. The van der Waals surface area contributed by atoms with E-state index in [1.54, 1.807) is 11.3 Å². The Balaban J connectivity index is 2.15.